The van der Waals surface area contributed by atoms with E-state index in [0.29, 0.717) is 23.6 Å². The second-order valence-corrected chi connectivity index (χ2v) is 10.3. The summed E-state index contributed by atoms with van der Waals surface area (Å²) in [4.78, 5) is 44.6. The lowest BCUT2D eigenvalue weighted by Crippen LogP contribution is -2.29. The maximum absolute atomic E-state index is 13.8. The number of aliphatic hydroxyl groups excluding tert-OH is 1. The molecule has 1 saturated heterocycles. The summed E-state index contributed by atoms with van der Waals surface area (Å²) in [5, 5.41) is 11.4. The third-order valence-corrected chi connectivity index (χ3v) is 7.91. The van der Waals surface area contributed by atoms with Gasteiger partial charge in [0.2, 0.25) is 0 Å². The summed E-state index contributed by atoms with van der Waals surface area (Å²) in [6.07, 6.45) is 0. The Bertz CT molecular complexity index is 1680. The summed E-state index contributed by atoms with van der Waals surface area (Å²) in [6, 6.07) is 18.5. The van der Waals surface area contributed by atoms with Gasteiger partial charge in [-0.2, -0.15) is 0 Å². The normalized spacial score (nSPS) is 16.2. The van der Waals surface area contributed by atoms with Crippen LogP contribution < -0.4 is 9.64 Å². The van der Waals surface area contributed by atoms with Gasteiger partial charge in [-0.3, -0.25) is 14.5 Å². The number of aromatic nitrogens is 1. The highest BCUT2D eigenvalue weighted by Gasteiger charge is 2.48. The van der Waals surface area contributed by atoms with Crippen molar-refractivity contribution in [3.8, 4) is 5.75 Å². The van der Waals surface area contributed by atoms with E-state index >= 15 is 0 Å². The number of aliphatic hydroxyl groups is 1. The number of thiazole rings is 1. The van der Waals surface area contributed by atoms with E-state index in [1.165, 1.54) is 31.4 Å². The molecule has 1 fully saturated rings. The second-order valence-electron chi connectivity index (χ2n) is 9.36. The van der Waals surface area contributed by atoms with Crippen LogP contribution in [0.25, 0.3) is 5.76 Å². The highest BCUT2D eigenvalue weighted by molar-refractivity contribution is 7.17. The van der Waals surface area contributed by atoms with Crippen LogP contribution in [0.1, 0.15) is 43.7 Å². The lowest BCUT2D eigenvalue weighted by atomic mass is 9.95. The molecule has 10 heteroatoms. The van der Waals surface area contributed by atoms with E-state index in [4.69, 9.17) is 9.47 Å². The van der Waals surface area contributed by atoms with Gasteiger partial charge < -0.3 is 14.6 Å². The summed E-state index contributed by atoms with van der Waals surface area (Å²) >= 11 is 0.885. The molecule has 1 unspecified atom stereocenters. The molecule has 8 nitrogen and oxygen atoms in total. The van der Waals surface area contributed by atoms with E-state index < -0.39 is 35.3 Å². The molecule has 0 saturated carbocycles. The van der Waals surface area contributed by atoms with Crippen LogP contribution in [0.15, 0.2) is 78.4 Å². The Hall–Kier alpha value is -4.83. The van der Waals surface area contributed by atoms with E-state index in [9.17, 15) is 23.9 Å². The summed E-state index contributed by atoms with van der Waals surface area (Å²) < 4.78 is 24.5. The molecule has 0 radical (unpaired) electrons. The molecule has 1 aliphatic heterocycles. The number of carbonyl (C=O) groups is 3. The molecule has 1 aliphatic rings. The fourth-order valence-corrected chi connectivity index (χ4v) is 5.57. The predicted octanol–water partition coefficient (Wildman–Crippen LogP) is 5.89. The number of nitrogens with zero attached hydrogens (tertiary/aromatic N) is 2. The highest BCUT2D eigenvalue weighted by Crippen LogP contribution is 2.44. The average molecular weight is 573 g/mol. The molecule has 3 aromatic carbocycles. The molecule has 208 valence electrons. The Morgan fingerprint density at radius 2 is 1.71 bits per heavy atom. The third-order valence-electron chi connectivity index (χ3n) is 6.78. The number of benzene rings is 3. The molecule has 41 heavy (non-hydrogen) atoms. The zero-order valence-electron chi connectivity index (χ0n) is 22.4. The van der Waals surface area contributed by atoms with Crippen LogP contribution in [0.3, 0.4) is 0 Å². The van der Waals surface area contributed by atoms with E-state index in [-0.39, 0.29) is 21.1 Å². The minimum atomic E-state index is -1.12. The van der Waals surface area contributed by atoms with Crippen LogP contribution in [0.2, 0.25) is 0 Å². The smallest absolute Gasteiger partial charge is 0.350 e. The van der Waals surface area contributed by atoms with Crippen LogP contribution in [0, 0.1) is 19.7 Å². The van der Waals surface area contributed by atoms with Crippen molar-refractivity contribution in [2.75, 3.05) is 12.0 Å². The van der Waals surface area contributed by atoms with Gasteiger partial charge in [-0.25, -0.2) is 14.2 Å². The Kier molecular flexibility index (Phi) is 7.67. The van der Waals surface area contributed by atoms with Gasteiger partial charge in [0.1, 0.15) is 28.8 Å². The fourth-order valence-electron chi connectivity index (χ4n) is 4.56. The van der Waals surface area contributed by atoms with Crippen molar-refractivity contribution in [1.29, 1.82) is 0 Å². The van der Waals surface area contributed by atoms with E-state index in [1.54, 1.807) is 31.2 Å². The lowest BCUT2D eigenvalue weighted by Gasteiger charge is -2.23. The van der Waals surface area contributed by atoms with Crippen molar-refractivity contribution >= 4 is 39.9 Å². The number of hydrogen-bond acceptors (Lipinski definition) is 8. The van der Waals surface area contributed by atoms with Crippen LogP contribution in [-0.2, 0) is 20.9 Å². The first-order valence-electron chi connectivity index (χ1n) is 12.6. The number of ether oxygens (including phenoxy) is 2. The van der Waals surface area contributed by atoms with Crippen LogP contribution in [0.5, 0.6) is 5.75 Å². The largest absolute Gasteiger partial charge is 0.507 e. The van der Waals surface area contributed by atoms with Gasteiger partial charge in [0, 0.05) is 5.56 Å². The third kappa shape index (κ3) is 5.33. The summed E-state index contributed by atoms with van der Waals surface area (Å²) in [5.74, 6) is -2.88. The Morgan fingerprint density at radius 1 is 1.02 bits per heavy atom. The van der Waals surface area contributed by atoms with Crippen molar-refractivity contribution in [2.24, 2.45) is 0 Å². The predicted molar refractivity (Wildman–Crippen MR) is 151 cm³/mol. The van der Waals surface area contributed by atoms with Crippen LogP contribution in [-0.4, -0.2) is 34.9 Å². The van der Waals surface area contributed by atoms with E-state index in [0.717, 1.165) is 27.4 Å². The molecule has 0 aliphatic carbocycles. The number of hydrogen-bond donors (Lipinski definition) is 1. The van der Waals surface area contributed by atoms with Crippen molar-refractivity contribution in [3.63, 3.8) is 0 Å². The van der Waals surface area contributed by atoms with Crippen molar-refractivity contribution in [3.05, 3.63) is 117 Å². The maximum atomic E-state index is 13.8. The monoisotopic (exact) mass is 572 g/mol. The average Bonchev–Trinajstić information content (AvgIpc) is 3.48. The first-order valence-corrected chi connectivity index (χ1v) is 13.4. The lowest BCUT2D eigenvalue weighted by molar-refractivity contribution is -0.132. The molecule has 5 rings (SSSR count). The second kappa shape index (κ2) is 11.3. The number of anilines is 1. The summed E-state index contributed by atoms with van der Waals surface area (Å²) in [7, 11) is 1.23. The van der Waals surface area contributed by atoms with Gasteiger partial charge >= 0.3 is 11.9 Å². The number of rotatable bonds is 7. The molecule has 1 atom stereocenters. The number of ketones is 1. The van der Waals surface area contributed by atoms with Gasteiger partial charge in [-0.1, -0.05) is 47.7 Å². The quantitative estimate of drug-likeness (QED) is 0.127. The molecule has 4 aromatic rings. The zero-order valence-corrected chi connectivity index (χ0v) is 23.2. The van der Waals surface area contributed by atoms with E-state index in [1.807, 2.05) is 31.2 Å². The fraction of sp³-hybridized carbons (Fsp3) is 0.161. The van der Waals surface area contributed by atoms with E-state index in [2.05, 4.69) is 4.98 Å². The zero-order chi connectivity index (χ0) is 29.3. The SMILES string of the molecule is COC(=O)c1sc(N2C(=O)C(=O)/C(=C(/O)c3ccc(OCc4ccccc4C)cc3)C2c2ccc(F)cc2)nc1C. The van der Waals surface area contributed by atoms with Gasteiger partial charge in [-0.05, 0) is 66.9 Å². The first kappa shape index (κ1) is 27.7. The number of aryl methyl sites for hydroxylation is 2. The van der Waals surface area contributed by atoms with Crippen molar-refractivity contribution in [2.45, 2.75) is 26.5 Å². The standard InChI is InChI=1S/C31H25FN2O6S/c1-17-6-4-5-7-21(17)16-40-23-14-10-20(11-15-23)26(35)24-25(19-8-12-22(32)13-9-19)34(29(37)27(24)36)31-33-18(2)28(41-31)30(38)39-3/h4-15,25,35H,16H2,1-3H3/b26-24+. The number of esters is 1. The van der Waals surface area contributed by atoms with Crippen LogP contribution in [0.4, 0.5) is 9.52 Å². The van der Waals surface area contributed by atoms with Gasteiger partial charge in [0.15, 0.2) is 5.13 Å². The molecule has 1 aromatic heterocycles. The van der Waals surface area contributed by atoms with Crippen LogP contribution >= 0.6 is 11.3 Å². The molecule has 1 amide bonds. The molecule has 0 spiro atoms. The first-order chi connectivity index (χ1) is 19.7. The Balaban J connectivity index is 1.53. The van der Waals surface area contributed by atoms with Gasteiger partial charge in [0.25, 0.3) is 5.78 Å². The number of carbonyl (C=O) groups excluding carboxylic acids is 3. The Morgan fingerprint density at radius 3 is 2.37 bits per heavy atom. The van der Waals surface area contributed by atoms with Crippen molar-refractivity contribution < 1.29 is 33.4 Å². The summed E-state index contributed by atoms with van der Waals surface area (Å²) in [6.45, 7) is 3.93. The molecular formula is C31H25FN2O6S. The molecule has 0 bridgehead atoms. The topological polar surface area (TPSA) is 106 Å². The van der Waals surface area contributed by atoms with Gasteiger partial charge in [0.05, 0.1) is 24.4 Å². The molecule has 1 N–H and O–H groups in total. The minimum absolute atomic E-state index is 0.0679. The maximum Gasteiger partial charge on any atom is 0.350 e. The number of Topliss-reactive ketones (excluding diaryl/α,β-unsaturated/α-hetero) is 1. The molecule has 2 heterocycles. The Labute approximate surface area is 239 Å². The number of amides is 1. The van der Waals surface area contributed by atoms with Gasteiger partial charge in [-0.15, -0.1) is 0 Å². The minimum Gasteiger partial charge on any atom is -0.507 e. The number of methoxy groups -OCH3 is 1. The summed E-state index contributed by atoms with van der Waals surface area (Å²) in [5.41, 5.74) is 2.91. The number of halogens is 1. The molecular weight excluding hydrogens is 547 g/mol. The highest BCUT2D eigenvalue weighted by atomic mass is 32.1. The van der Waals surface area contributed by atoms with Crippen molar-refractivity contribution in [1.82, 2.24) is 4.98 Å².